The standard InChI is InChI=1S/C13H19NO2S/c1-8-6-12(17-9(8)2)13(16)14-11-5-3-4-10(11)7-15/h6,10-11,15H,3-5,7H2,1-2H3,(H,14,16). The highest BCUT2D eigenvalue weighted by Crippen LogP contribution is 2.26. The minimum absolute atomic E-state index is 0.0107. The number of rotatable bonds is 3. The van der Waals surface area contributed by atoms with Crippen LogP contribution < -0.4 is 5.32 Å². The maximum Gasteiger partial charge on any atom is 0.261 e. The van der Waals surface area contributed by atoms with Crippen LogP contribution in [-0.2, 0) is 0 Å². The summed E-state index contributed by atoms with van der Waals surface area (Å²) in [5.41, 5.74) is 1.17. The summed E-state index contributed by atoms with van der Waals surface area (Å²) >= 11 is 1.54. The van der Waals surface area contributed by atoms with Crippen LogP contribution in [-0.4, -0.2) is 23.7 Å². The number of thiophene rings is 1. The number of aryl methyl sites for hydroxylation is 2. The second kappa shape index (κ2) is 5.19. The van der Waals surface area contributed by atoms with Crippen LogP contribution in [0.4, 0.5) is 0 Å². The molecule has 1 aromatic rings. The fourth-order valence-electron chi connectivity index (χ4n) is 2.37. The first kappa shape index (κ1) is 12.6. The normalized spacial score (nSPS) is 23.9. The van der Waals surface area contributed by atoms with E-state index >= 15 is 0 Å². The molecule has 1 aliphatic carbocycles. The molecule has 94 valence electrons. The van der Waals surface area contributed by atoms with E-state index < -0.39 is 0 Å². The predicted molar refractivity (Wildman–Crippen MR) is 69.5 cm³/mol. The molecular weight excluding hydrogens is 234 g/mol. The highest BCUT2D eigenvalue weighted by molar-refractivity contribution is 7.14. The van der Waals surface area contributed by atoms with Gasteiger partial charge < -0.3 is 10.4 Å². The summed E-state index contributed by atoms with van der Waals surface area (Å²) in [6.45, 7) is 4.23. The smallest absolute Gasteiger partial charge is 0.261 e. The number of aliphatic hydroxyl groups excluding tert-OH is 1. The minimum atomic E-state index is 0.0107. The molecule has 0 spiro atoms. The second-order valence-electron chi connectivity index (χ2n) is 4.80. The molecule has 2 N–H and O–H groups in total. The average Bonchev–Trinajstić information content (AvgIpc) is 2.86. The Morgan fingerprint density at radius 2 is 2.29 bits per heavy atom. The van der Waals surface area contributed by atoms with Crippen molar-refractivity contribution < 1.29 is 9.90 Å². The summed E-state index contributed by atoms with van der Waals surface area (Å²) in [5, 5.41) is 12.3. The first-order valence-corrected chi connectivity index (χ1v) is 6.92. The monoisotopic (exact) mass is 253 g/mol. The van der Waals surface area contributed by atoms with Crippen molar-refractivity contribution in [1.29, 1.82) is 0 Å². The lowest BCUT2D eigenvalue weighted by atomic mass is 10.1. The number of hydrogen-bond acceptors (Lipinski definition) is 3. The van der Waals surface area contributed by atoms with Gasteiger partial charge in [-0.1, -0.05) is 6.42 Å². The fourth-order valence-corrected chi connectivity index (χ4v) is 3.31. The van der Waals surface area contributed by atoms with Crippen molar-refractivity contribution in [1.82, 2.24) is 5.32 Å². The van der Waals surface area contributed by atoms with E-state index in [4.69, 9.17) is 0 Å². The van der Waals surface area contributed by atoms with E-state index in [9.17, 15) is 9.90 Å². The molecule has 0 bridgehead atoms. The maximum absolute atomic E-state index is 12.0. The van der Waals surface area contributed by atoms with Crippen LogP contribution in [0.5, 0.6) is 0 Å². The second-order valence-corrected chi connectivity index (χ2v) is 6.06. The van der Waals surface area contributed by atoms with E-state index in [1.54, 1.807) is 11.3 Å². The average molecular weight is 253 g/mol. The molecule has 1 saturated carbocycles. The first-order chi connectivity index (χ1) is 8.11. The van der Waals surface area contributed by atoms with Gasteiger partial charge in [-0.3, -0.25) is 4.79 Å². The van der Waals surface area contributed by atoms with Crippen LogP contribution in [0.25, 0.3) is 0 Å². The number of amides is 1. The highest BCUT2D eigenvalue weighted by atomic mass is 32.1. The number of carbonyl (C=O) groups is 1. The quantitative estimate of drug-likeness (QED) is 0.868. The zero-order valence-electron chi connectivity index (χ0n) is 10.3. The molecule has 1 heterocycles. The van der Waals surface area contributed by atoms with Crippen molar-refractivity contribution in [3.05, 3.63) is 21.4 Å². The molecule has 2 unspecified atom stereocenters. The molecule has 1 aliphatic rings. The van der Waals surface area contributed by atoms with E-state index in [0.29, 0.717) is 0 Å². The van der Waals surface area contributed by atoms with E-state index in [1.807, 2.05) is 19.9 Å². The summed E-state index contributed by atoms with van der Waals surface area (Å²) in [5.74, 6) is 0.248. The minimum Gasteiger partial charge on any atom is -0.396 e. The van der Waals surface area contributed by atoms with Crippen LogP contribution in [0, 0.1) is 19.8 Å². The largest absolute Gasteiger partial charge is 0.396 e. The third kappa shape index (κ3) is 2.69. The predicted octanol–water partition coefficient (Wildman–Crippen LogP) is 2.26. The first-order valence-electron chi connectivity index (χ1n) is 6.10. The van der Waals surface area contributed by atoms with Gasteiger partial charge in [-0.15, -0.1) is 11.3 Å². The van der Waals surface area contributed by atoms with E-state index in [2.05, 4.69) is 5.32 Å². The van der Waals surface area contributed by atoms with Gasteiger partial charge in [0.1, 0.15) is 0 Å². The van der Waals surface area contributed by atoms with Gasteiger partial charge in [-0.2, -0.15) is 0 Å². The topological polar surface area (TPSA) is 49.3 Å². The summed E-state index contributed by atoms with van der Waals surface area (Å²) in [6, 6.07) is 2.09. The number of hydrogen-bond donors (Lipinski definition) is 2. The van der Waals surface area contributed by atoms with Crippen LogP contribution in [0.2, 0.25) is 0 Å². The third-order valence-electron chi connectivity index (χ3n) is 3.60. The Kier molecular flexibility index (Phi) is 3.84. The summed E-state index contributed by atoms with van der Waals surface area (Å²) < 4.78 is 0. The highest BCUT2D eigenvalue weighted by Gasteiger charge is 2.28. The molecule has 1 fully saturated rings. The number of nitrogens with one attached hydrogen (secondary N) is 1. The molecule has 17 heavy (non-hydrogen) atoms. The zero-order chi connectivity index (χ0) is 12.4. The van der Waals surface area contributed by atoms with Gasteiger partial charge in [-0.05, 0) is 38.3 Å². The van der Waals surface area contributed by atoms with Crippen molar-refractivity contribution in [3.8, 4) is 0 Å². The van der Waals surface area contributed by atoms with Gasteiger partial charge in [0.15, 0.2) is 0 Å². The van der Waals surface area contributed by atoms with Crippen molar-refractivity contribution in [2.75, 3.05) is 6.61 Å². The third-order valence-corrected chi connectivity index (χ3v) is 4.75. The van der Waals surface area contributed by atoms with Crippen molar-refractivity contribution >= 4 is 17.2 Å². The Morgan fingerprint density at radius 1 is 1.53 bits per heavy atom. The summed E-state index contributed by atoms with van der Waals surface area (Å²) in [7, 11) is 0. The van der Waals surface area contributed by atoms with Crippen molar-refractivity contribution in [2.45, 2.75) is 39.2 Å². The van der Waals surface area contributed by atoms with Crippen molar-refractivity contribution in [3.63, 3.8) is 0 Å². The van der Waals surface area contributed by atoms with Crippen LogP contribution >= 0.6 is 11.3 Å². The Balaban J connectivity index is 2.01. The Hall–Kier alpha value is -0.870. The summed E-state index contributed by atoms with van der Waals surface area (Å²) in [6.07, 6.45) is 3.10. The Bertz CT molecular complexity index is 394. The number of aliphatic hydroxyl groups is 1. The van der Waals surface area contributed by atoms with Gasteiger partial charge in [0.2, 0.25) is 0 Å². The molecular formula is C13H19NO2S. The van der Waals surface area contributed by atoms with Gasteiger partial charge in [-0.25, -0.2) is 0 Å². The molecule has 0 aliphatic heterocycles. The van der Waals surface area contributed by atoms with Gasteiger partial charge >= 0.3 is 0 Å². The molecule has 1 amide bonds. The lowest BCUT2D eigenvalue weighted by Gasteiger charge is -2.18. The van der Waals surface area contributed by atoms with Gasteiger partial charge in [0.25, 0.3) is 5.91 Å². The zero-order valence-corrected chi connectivity index (χ0v) is 11.1. The number of carbonyl (C=O) groups excluding carboxylic acids is 1. The lowest BCUT2D eigenvalue weighted by molar-refractivity contribution is 0.0920. The van der Waals surface area contributed by atoms with Crippen LogP contribution in [0.15, 0.2) is 6.07 Å². The van der Waals surface area contributed by atoms with Gasteiger partial charge in [0.05, 0.1) is 4.88 Å². The van der Waals surface area contributed by atoms with E-state index in [0.717, 1.165) is 24.1 Å². The fraction of sp³-hybridized carbons (Fsp3) is 0.615. The Labute approximate surface area is 106 Å². The molecule has 0 aromatic carbocycles. The van der Waals surface area contributed by atoms with E-state index in [1.165, 1.54) is 10.4 Å². The molecule has 2 rings (SSSR count). The van der Waals surface area contributed by atoms with Crippen molar-refractivity contribution in [2.24, 2.45) is 5.92 Å². The molecule has 0 saturated heterocycles. The SMILES string of the molecule is Cc1cc(C(=O)NC2CCCC2CO)sc1C. The molecule has 0 radical (unpaired) electrons. The molecule has 2 atom stereocenters. The summed E-state index contributed by atoms with van der Waals surface area (Å²) in [4.78, 5) is 14.0. The molecule has 3 nitrogen and oxygen atoms in total. The molecule has 4 heteroatoms. The van der Waals surface area contributed by atoms with Gasteiger partial charge in [0, 0.05) is 23.4 Å². The maximum atomic E-state index is 12.0. The molecule has 1 aromatic heterocycles. The Morgan fingerprint density at radius 3 is 2.88 bits per heavy atom. The van der Waals surface area contributed by atoms with Crippen LogP contribution in [0.3, 0.4) is 0 Å². The van der Waals surface area contributed by atoms with Crippen LogP contribution in [0.1, 0.15) is 39.4 Å². The van der Waals surface area contributed by atoms with E-state index in [-0.39, 0.29) is 24.5 Å². The lowest BCUT2D eigenvalue weighted by Crippen LogP contribution is -2.38.